The van der Waals surface area contributed by atoms with Crippen molar-refractivity contribution in [3.63, 3.8) is 0 Å². The van der Waals surface area contributed by atoms with Crippen molar-refractivity contribution >= 4 is 0 Å². The summed E-state index contributed by atoms with van der Waals surface area (Å²) in [5.74, 6) is 1.23. The Balaban J connectivity index is 1.61. The van der Waals surface area contributed by atoms with Gasteiger partial charge in [0.15, 0.2) is 6.29 Å². The normalized spacial score (nSPS) is 42.0. The second-order valence-electron chi connectivity index (χ2n) is 10.1. The van der Waals surface area contributed by atoms with E-state index in [0.717, 1.165) is 19.3 Å². The van der Waals surface area contributed by atoms with Crippen LogP contribution in [0.15, 0.2) is 0 Å². The monoisotopic (exact) mass is 442 g/mol. The van der Waals surface area contributed by atoms with Crippen LogP contribution in [-0.2, 0) is 9.47 Å². The molecule has 0 aromatic rings. The van der Waals surface area contributed by atoms with Gasteiger partial charge in [-0.05, 0) is 86.4 Å². The predicted octanol–water partition coefficient (Wildman–Crippen LogP) is 6.74. The summed E-state index contributed by atoms with van der Waals surface area (Å²) in [7, 11) is 0. The Bertz CT molecular complexity index is 598. The molecule has 3 aliphatic carbocycles. The maximum absolute atomic E-state index is 14.1. The van der Waals surface area contributed by atoms with Crippen molar-refractivity contribution < 1.29 is 35.8 Å². The van der Waals surface area contributed by atoms with E-state index in [9.17, 15) is 26.3 Å². The van der Waals surface area contributed by atoms with Crippen molar-refractivity contribution in [3.8, 4) is 0 Å². The SMILES string of the molecule is CCC1CC(C)C2C3CC(CC(OC4CCCCO4)(C(F)(F)F)C(F)(F)F)C(C3)C12. The molecule has 0 amide bonds. The third-order valence-corrected chi connectivity index (χ3v) is 8.61. The fourth-order valence-corrected chi connectivity index (χ4v) is 7.53. The van der Waals surface area contributed by atoms with Crippen LogP contribution in [0.3, 0.4) is 0 Å². The number of hydrogen-bond donors (Lipinski definition) is 0. The molecule has 8 atom stereocenters. The fraction of sp³-hybridized carbons (Fsp3) is 1.00. The molecule has 4 aliphatic rings. The molecular formula is C22H32F6O2. The maximum atomic E-state index is 14.1. The molecule has 0 N–H and O–H groups in total. The summed E-state index contributed by atoms with van der Waals surface area (Å²) in [4.78, 5) is 0. The van der Waals surface area contributed by atoms with Gasteiger partial charge in [-0.15, -0.1) is 0 Å². The molecule has 0 spiro atoms. The van der Waals surface area contributed by atoms with Crippen molar-refractivity contribution in [2.24, 2.45) is 41.4 Å². The average Bonchev–Trinajstić information content (AvgIpc) is 3.31. The van der Waals surface area contributed by atoms with Gasteiger partial charge in [-0.2, -0.15) is 26.3 Å². The molecule has 0 aromatic heterocycles. The second kappa shape index (κ2) is 7.82. The molecule has 0 aromatic carbocycles. The highest BCUT2D eigenvalue weighted by Gasteiger charge is 2.74. The standard InChI is InChI=1S/C22H32F6O2/c1-3-13-8-12(2)18-14-9-15(16(10-14)19(13)18)11-20(21(23,24)25,22(26,27)28)30-17-6-4-5-7-29-17/h12-19H,3-11H2,1-2H3. The Hall–Kier alpha value is -0.500. The third kappa shape index (κ3) is 3.57. The minimum atomic E-state index is -5.54. The smallest absolute Gasteiger partial charge is 0.353 e. The summed E-state index contributed by atoms with van der Waals surface area (Å²) in [6.45, 7) is 4.41. The van der Waals surface area contributed by atoms with E-state index in [0.29, 0.717) is 37.0 Å². The summed E-state index contributed by atoms with van der Waals surface area (Å²) >= 11 is 0. The molecule has 8 unspecified atom stereocenters. The lowest BCUT2D eigenvalue weighted by Crippen LogP contribution is -2.61. The van der Waals surface area contributed by atoms with Crippen molar-refractivity contribution in [1.29, 1.82) is 0 Å². The van der Waals surface area contributed by atoms with Crippen molar-refractivity contribution in [3.05, 3.63) is 0 Å². The van der Waals surface area contributed by atoms with E-state index >= 15 is 0 Å². The first-order valence-corrected chi connectivity index (χ1v) is 11.4. The molecule has 174 valence electrons. The van der Waals surface area contributed by atoms with Crippen LogP contribution in [0.5, 0.6) is 0 Å². The third-order valence-electron chi connectivity index (χ3n) is 8.61. The van der Waals surface area contributed by atoms with Gasteiger partial charge in [0.1, 0.15) is 0 Å². The molecule has 2 nitrogen and oxygen atoms in total. The topological polar surface area (TPSA) is 18.5 Å². The molecule has 4 rings (SSSR count). The molecule has 0 radical (unpaired) electrons. The molecule has 4 fully saturated rings. The minimum Gasteiger partial charge on any atom is -0.353 e. The Labute approximate surface area is 174 Å². The van der Waals surface area contributed by atoms with Gasteiger partial charge in [-0.25, -0.2) is 0 Å². The fourth-order valence-electron chi connectivity index (χ4n) is 7.53. The lowest BCUT2D eigenvalue weighted by Gasteiger charge is -2.44. The Morgan fingerprint density at radius 1 is 0.900 bits per heavy atom. The molecule has 2 bridgehead atoms. The maximum Gasteiger partial charge on any atom is 0.426 e. The van der Waals surface area contributed by atoms with Crippen LogP contribution >= 0.6 is 0 Å². The summed E-state index contributed by atoms with van der Waals surface area (Å²) in [6, 6.07) is 0. The van der Waals surface area contributed by atoms with Crippen molar-refractivity contribution in [1.82, 2.24) is 0 Å². The highest BCUT2D eigenvalue weighted by Crippen LogP contribution is 2.67. The van der Waals surface area contributed by atoms with E-state index in [4.69, 9.17) is 9.47 Å². The number of hydrogen-bond acceptors (Lipinski definition) is 2. The lowest BCUT2D eigenvalue weighted by atomic mass is 9.68. The van der Waals surface area contributed by atoms with Gasteiger partial charge in [0, 0.05) is 6.61 Å². The first kappa shape index (κ1) is 22.7. The van der Waals surface area contributed by atoms with Gasteiger partial charge in [0.25, 0.3) is 5.60 Å². The Morgan fingerprint density at radius 2 is 1.60 bits per heavy atom. The van der Waals surface area contributed by atoms with E-state index in [-0.39, 0.29) is 30.8 Å². The zero-order chi connectivity index (χ0) is 21.9. The van der Waals surface area contributed by atoms with E-state index in [1.54, 1.807) is 0 Å². The molecule has 30 heavy (non-hydrogen) atoms. The molecule has 1 aliphatic heterocycles. The molecular weight excluding hydrogens is 410 g/mol. The first-order chi connectivity index (χ1) is 14.0. The van der Waals surface area contributed by atoms with Crippen LogP contribution in [0.25, 0.3) is 0 Å². The zero-order valence-electron chi connectivity index (χ0n) is 17.6. The van der Waals surface area contributed by atoms with E-state index < -0.39 is 36.6 Å². The zero-order valence-corrected chi connectivity index (χ0v) is 17.6. The van der Waals surface area contributed by atoms with E-state index in [2.05, 4.69) is 13.8 Å². The summed E-state index contributed by atoms with van der Waals surface area (Å²) in [5, 5.41) is 0. The highest BCUT2D eigenvalue weighted by atomic mass is 19.4. The molecule has 8 heteroatoms. The van der Waals surface area contributed by atoms with Crippen LogP contribution in [0.1, 0.15) is 65.2 Å². The number of fused-ring (bicyclic) bond motifs is 5. The minimum absolute atomic E-state index is 0.0603. The summed E-state index contributed by atoms with van der Waals surface area (Å²) in [6.07, 6.45) is -9.17. The quantitative estimate of drug-likeness (QED) is 0.439. The number of alkyl halides is 6. The Morgan fingerprint density at radius 3 is 2.17 bits per heavy atom. The van der Waals surface area contributed by atoms with Gasteiger partial charge < -0.3 is 9.47 Å². The number of ether oxygens (including phenoxy) is 2. The lowest BCUT2D eigenvalue weighted by molar-refractivity contribution is -0.416. The molecule has 3 saturated carbocycles. The Kier molecular flexibility index (Phi) is 5.91. The van der Waals surface area contributed by atoms with Gasteiger partial charge in [0.05, 0.1) is 0 Å². The van der Waals surface area contributed by atoms with E-state index in [1.165, 1.54) is 0 Å². The summed E-state index contributed by atoms with van der Waals surface area (Å²) in [5.41, 5.74) is -4.15. The van der Waals surface area contributed by atoms with Crippen LogP contribution in [-0.4, -0.2) is 30.9 Å². The molecule has 1 heterocycles. The number of halogens is 6. The van der Waals surface area contributed by atoms with Crippen molar-refractivity contribution in [2.75, 3.05) is 6.61 Å². The number of rotatable bonds is 5. The largest absolute Gasteiger partial charge is 0.426 e. The predicted molar refractivity (Wildman–Crippen MR) is 98.4 cm³/mol. The van der Waals surface area contributed by atoms with Gasteiger partial charge in [-0.3, -0.25) is 0 Å². The van der Waals surface area contributed by atoms with Crippen LogP contribution in [0.4, 0.5) is 26.3 Å². The average molecular weight is 442 g/mol. The van der Waals surface area contributed by atoms with Crippen molar-refractivity contribution in [2.45, 2.75) is 89.5 Å². The second-order valence-corrected chi connectivity index (χ2v) is 10.1. The van der Waals surface area contributed by atoms with Crippen LogP contribution < -0.4 is 0 Å². The highest BCUT2D eigenvalue weighted by molar-refractivity contribution is 5.10. The van der Waals surface area contributed by atoms with E-state index in [1.807, 2.05) is 0 Å². The van der Waals surface area contributed by atoms with Crippen LogP contribution in [0, 0.1) is 41.4 Å². The first-order valence-electron chi connectivity index (χ1n) is 11.4. The van der Waals surface area contributed by atoms with Gasteiger partial charge in [0.2, 0.25) is 0 Å². The molecule has 1 saturated heterocycles. The van der Waals surface area contributed by atoms with Crippen LogP contribution in [0.2, 0.25) is 0 Å². The van der Waals surface area contributed by atoms with Gasteiger partial charge >= 0.3 is 12.4 Å². The van der Waals surface area contributed by atoms with Gasteiger partial charge in [-0.1, -0.05) is 20.3 Å². The summed E-state index contributed by atoms with van der Waals surface area (Å²) < 4.78 is 94.6.